The summed E-state index contributed by atoms with van der Waals surface area (Å²) in [6, 6.07) is 0. The zero-order chi connectivity index (χ0) is 12.1. The average molecular weight is 225 g/mol. The minimum Gasteiger partial charge on any atom is -0.495 e. The standard InChI is InChI=1S/C12H19NO3/c1-5-9-7-13-10(12(14)15-4)6-11(9)16-8(2)3/h6,8-9H,5,7H2,1-4H3. The van der Waals surface area contributed by atoms with E-state index in [0.717, 1.165) is 12.2 Å². The summed E-state index contributed by atoms with van der Waals surface area (Å²) in [7, 11) is 1.35. The van der Waals surface area contributed by atoms with Gasteiger partial charge in [0.05, 0.1) is 13.2 Å². The van der Waals surface area contributed by atoms with Gasteiger partial charge in [0, 0.05) is 18.5 Å². The van der Waals surface area contributed by atoms with Gasteiger partial charge in [0.1, 0.15) is 11.5 Å². The summed E-state index contributed by atoms with van der Waals surface area (Å²) in [5.74, 6) is 0.711. The van der Waals surface area contributed by atoms with Crippen molar-refractivity contribution in [1.29, 1.82) is 0 Å². The van der Waals surface area contributed by atoms with Crippen molar-refractivity contribution in [2.24, 2.45) is 10.9 Å². The van der Waals surface area contributed by atoms with Crippen molar-refractivity contribution in [3.05, 3.63) is 11.8 Å². The smallest absolute Gasteiger partial charge is 0.356 e. The molecule has 0 amide bonds. The van der Waals surface area contributed by atoms with Gasteiger partial charge >= 0.3 is 5.97 Å². The third-order valence-electron chi connectivity index (χ3n) is 2.42. The van der Waals surface area contributed by atoms with Gasteiger partial charge in [-0.25, -0.2) is 4.79 Å². The van der Waals surface area contributed by atoms with Crippen LogP contribution in [-0.4, -0.2) is 31.4 Å². The summed E-state index contributed by atoms with van der Waals surface area (Å²) >= 11 is 0. The van der Waals surface area contributed by atoms with Crippen LogP contribution < -0.4 is 0 Å². The fraction of sp³-hybridized carbons (Fsp3) is 0.667. The van der Waals surface area contributed by atoms with Crippen LogP contribution in [0, 0.1) is 5.92 Å². The van der Waals surface area contributed by atoms with E-state index >= 15 is 0 Å². The summed E-state index contributed by atoms with van der Waals surface area (Å²) in [6.45, 7) is 6.62. The van der Waals surface area contributed by atoms with Crippen molar-refractivity contribution in [2.75, 3.05) is 13.7 Å². The van der Waals surface area contributed by atoms with Crippen molar-refractivity contribution in [3.63, 3.8) is 0 Å². The molecule has 0 saturated carbocycles. The first kappa shape index (κ1) is 12.7. The molecule has 0 saturated heterocycles. The van der Waals surface area contributed by atoms with Crippen LogP contribution >= 0.6 is 0 Å². The van der Waals surface area contributed by atoms with E-state index in [1.165, 1.54) is 7.11 Å². The topological polar surface area (TPSA) is 47.9 Å². The molecular formula is C12H19NO3. The van der Waals surface area contributed by atoms with Crippen LogP contribution in [0.4, 0.5) is 0 Å². The van der Waals surface area contributed by atoms with E-state index in [1.54, 1.807) is 6.08 Å². The van der Waals surface area contributed by atoms with Crippen LogP contribution in [0.15, 0.2) is 16.8 Å². The van der Waals surface area contributed by atoms with E-state index in [2.05, 4.69) is 16.7 Å². The fourth-order valence-electron chi connectivity index (χ4n) is 1.56. The Morgan fingerprint density at radius 2 is 2.31 bits per heavy atom. The molecule has 0 aromatic carbocycles. The van der Waals surface area contributed by atoms with E-state index in [1.807, 2.05) is 13.8 Å². The number of methoxy groups -OCH3 is 1. The molecule has 4 nitrogen and oxygen atoms in total. The highest BCUT2D eigenvalue weighted by molar-refractivity contribution is 6.41. The molecule has 0 bridgehead atoms. The first-order valence-electron chi connectivity index (χ1n) is 5.59. The molecule has 0 aliphatic carbocycles. The lowest BCUT2D eigenvalue weighted by atomic mass is 10.00. The lowest BCUT2D eigenvalue weighted by Crippen LogP contribution is -2.24. The first-order chi connectivity index (χ1) is 7.58. The maximum Gasteiger partial charge on any atom is 0.356 e. The second-order valence-electron chi connectivity index (χ2n) is 4.04. The summed E-state index contributed by atoms with van der Waals surface area (Å²) in [5, 5.41) is 0. The van der Waals surface area contributed by atoms with Gasteiger partial charge in [-0.2, -0.15) is 0 Å². The summed E-state index contributed by atoms with van der Waals surface area (Å²) < 4.78 is 10.3. The van der Waals surface area contributed by atoms with Crippen LogP contribution in [0.3, 0.4) is 0 Å². The molecule has 0 aromatic heterocycles. The number of rotatable bonds is 4. The van der Waals surface area contributed by atoms with Crippen LogP contribution in [0.2, 0.25) is 0 Å². The minimum absolute atomic E-state index is 0.109. The molecular weight excluding hydrogens is 206 g/mol. The van der Waals surface area contributed by atoms with Crippen molar-refractivity contribution < 1.29 is 14.3 Å². The van der Waals surface area contributed by atoms with E-state index in [9.17, 15) is 4.79 Å². The molecule has 1 atom stereocenters. The maximum atomic E-state index is 11.3. The van der Waals surface area contributed by atoms with Gasteiger partial charge < -0.3 is 9.47 Å². The quantitative estimate of drug-likeness (QED) is 0.687. The van der Waals surface area contributed by atoms with E-state index in [-0.39, 0.29) is 12.0 Å². The first-order valence-corrected chi connectivity index (χ1v) is 5.59. The monoisotopic (exact) mass is 225 g/mol. The Hall–Kier alpha value is -1.32. The Labute approximate surface area is 96.3 Å². The Kier molecular flexibility index (Phi) is 4.52. The molecule has 1 aliphatic rings. The van der Waals surface area contributed by atoms with Gasteiger partial charge in [-0.1, -0.05) is 6.92 Å². The third-order valence-corrected chi connectivity index (χ3v) is 2.42. The molecule has 90 valence electrons. The predicted octanol–water partition coefficient (Wildman–Crippen LogP) is 1.95. The number of hydrogen-bond donors (Lipinski definition) is 0. The van der Waals surface area contributed by atoms with Gasteiger partial charge in [0.15, 0.2) is 0 Å². The number of ether oxygens (including phenoxy) is 2. The third kappa shape index (κ3) is 3.08. The van der Waals surface area contributed by atoms with Crippen LogP contribution in [-0.2, 0) is 14.3 Å². The zero-order valence-corrected chi connectivity index (χ0v) is 10.3. The number of hydrogen-bond acceptors (Lipinski definition) is 4. The summed E-state index contributed by atoms with van der Waals surface area (Å²) in [5.41, 5.74) is 0.350. The number of nitrogens with zero attached hydrogens (tertiary/aromatic N) is 1. The number of carbonyl (C=O) groups excluding carboxylic acids is 1. The molecule has 16 heavy (non-hydrogen) atoms. The van der Waals surface area contributed by atoms with Crippen molar-refractivity contribution in [3.8, 4) is 0 Å². The SMILES string of the molecule is CCC1CN=C(C(=O)OC)C=C1OC(C)C. The lowest BCUT2D eigenvalue weighted by molar-refractivity contribution is -0.132. The minimum atomic E-state index is -0.403. The fourth-order valence-corrected chi connectivity index (χ4v) is 1.56. The molecule has 1 unspecified atom stereocenters. The Morgan fingerprint density at radius 1 is 1.62 bits per heavy atom. The molecule has 0 N–H and O–H groups in total. The molecule has 1 heterocycles. The molecule has 0 fully saturated rings. The molecule has 1 aliphatic heterocycles. The van der Waals surface area contributed by atoms with Gasteiger partial charge in [0.2, 0.25) is 0 Å². The van der Waals surface area contributed by atoms with E-state index in [4.69, 9.17) is 4.74 Å². The van der Waals surface area contributed by atoms with Crippen molar-refractivity contribution in [2.45, 2.75) is 33.3 Å². The van der Waals surface area contributed by atoms with E-state index in [0.29, 0.717) is 12.3 Å². The number of carbonyl (C=O) groups is 1. The van der Waals surface area contributed by atoms with E-state index < -0.39 is 5.97 Å². The lowest BCUT2D eigenvalue weighted by Gasteiger charge is -2.23. The Bertz CT molecular complexity index is 318. The highest BCUT2D eigenvalue weighted by Crippen LogP contribution is 2.22. The largest absolute Gasteiger partial charge is 0.495 e. The van der Waals surface area contributed by atoms with Crippen molar-refractivity contribution in [1.82, 2.24) is 0 Å². The normalized spacial score (nSPS) is 20.2. The Morgan fingerprint density at radius 3 is 2.81 bits per heavy atom. The Balaban J connectivity index is 2.83. The second kappa shape index (κ2) is 5.68. The van der Waals surface area contributed by atoms with Crippen molar-refractivity contribution >= 4 is 11.7 Å². The maximum absolute atomic E-state index is 11.3. The highest BCUT2D eigenvalue weighted by atomic mass is 16.5. The van der Waals surface area contributed by atoms with Gasteiger partial charge in [-0.05, 0) is 20.3 Å². The zero-order valence-electron chi connectivity index (χ0n) is 10.3. The van der Waals surface area contributed by atoms with Crippen LogP contribution in [0.1, 0.15) is 27.2 Å². The molecule has 1 rings (SSSR count). The van der Waals surface area contributed by atoms with Gasteiger partial charge in [-0.15, -0.1) is 0 Å². The number of esters is 1. The van der Waals surface area contributed by atoms with Crippen LogP contribution in [0.25, 0.3) is 0 Å². The number of aliphatic imine (C=N–C) groups is 1. The average Bonchev–Trinajstić information content (AvgIpc) is 2.27. The second-order valence-corrected chi connectivity index (χ2v) is 4.04. The molecule has 0 spiro atoms. The predicted molar refractivity (Wildman–Crippen MR) is 62.4 cm³/mol. The van der Waals surface area contributed by atoms with Gasteiger partial charge in [0.25, 0.3) is 0 Å². The van der Waals surface area contributed by atoms with Gasteiger partial charge in [-0.3, -0.25) is 4.99 Å². The highest BCUT2D eigenvalue weighted by Gasteiger charge is 2.23. The van der Waals surface area contributed by atoms with Crippen LogP contribution in [0.5, 0.6) is 0 Å². The number of dihydropyridines is 1. The molecule has 4 heteroatoms. The molecule has 0 radical (unpaired) electrons. The summed E-state index contributed by atoms with van der Waals surface area (Å²) in [4.78, 5) is 15.5. The summed E-state index contributed by atoms with van der Waals surface area (Å²) in [6.07, 6.45) is 2.76. The molecule has 0 aromatic rings.